The maximum absolute atomic E-state index is 12.3. The fraction of sp³-hybridized carbons (Fsp3) is 0.263. The molecule has 7 heteroatoms. The lowest BCUT2D eigenvalue weighted by Gasteiger charge is -2.12. The quantitative estimate of drug-likeness (QED) is 0.660. The normalized spacial score (nSPS) is 10.4. The summed E-state index contributed by atoms with van der Waals surface area (Å²) in [5.74, 6) is -0.378. The lowest BCUT2D eigenvalue weighted by atomic mass is 10.2. The lowest BCUT2D eigenvalue weighted by molar-refractivity contribution is -0.114. The van der Waals surface area contributed by atoms with E-state index in [1.54, 1.807) is 19.2 Å². The van der Waals surface area contributed by atoms with Gasteiger partial charge in [-0.1, -0.05) is 23.4 Å². The number of halogens is 1. The third-order valence-corrected chi connectivity index (χ3v) is 4.74. The number of nitrogens with one attached hydrogen (secondary N) is 2. The maximum atomic E-state index is 12.3. The van der Waals surface area contributed by atoms with Gasteiger partial charge in [-0.2, -0.15) is 0 Å². The van der Waals surface area contributed by atoms with Gasteiger partial charge in [-0.15, -0.1) is 0 Å². The van der Waals surface area contributed by atoms with Gasteiger partial charge in [0, 0.05) is 47.6 Å². The summed E-state index contributed by atoms with van der Waals surface area (Å²) < 4.78 is 4.96. The van der Waals surface area contributed by atoms with Crippen molar-refractivity contribution in [1.29, 1.82) is 0 Å². The van der Waals surface area contributed by atoms with Gasteiger partial charge >= 0.3 is 0 Å². The average molecular weight is 393 g/mol. The van der Waals surface area contributed by atoms with Crippen LogP contribution < -0.4 is 10.6 Å². The fourth-order valence-electron chi connectivity index (χ4n) is 2.20. The third-order valence-electron chi connectivity index (χ3n) is 3.40. The Morgan fingerprint density at radius 3 is 2.54 bits per heavy atom. The molecule has 0 unspecified atom stereocenters. The van der Waals surface area contributed by atoms with Crippen LogP contribution in [0.25, 0.3) is 0 Å². The molecule has 2 aromatic rings. The van der Waals surface area contributed by atoms with Crippen molar-refractivity contribution in [3.05, 3.63) is 53.1 Å². The van der Waals surface area contributed by atoms with Crippen LogP contribution in [0, 0.1) is 0 Å². The Morgan fingerprint density at radius 1 is 1.15 bits per heavy atom. The van der Waals surface area contributed by atoms with Crippen molar-refractivity contribution < 1.29 is 14.3 Å². The van der Waals surface area contributed by atoms with Gasteiger partial charge in [-0.05, 0) is 48.9 Å². The maximum Gasteiger partial charge on any atom is 0.251 e. The lowest BCUT2D eigenvalue weighted by Crippen LogP contribution is -2.25. The van der Waals surface area contributed by atoms with Crippen molar-refractivity contribution >= 4 is 40.9 Å². The van der Waals surface area contributed by atoms with Gasteiger partial charge in [0.2, 0.25) is 5.91 Å². The summed E-state index contributed by atoms with van der Waals surface area (Å²) in [6.07, 6.45) is 0.741. The first-order valence-electron chi connectivity index (χ1n) is 8.12. The molecule has 2 aromatic carbocycles. The second-order valence-electron chi connectivity index (χ2n) is 5.55. The van der Waals surface area contributed by atoms with Crippen LogP contribution in [0.15, 0.2) is 52.3 Å². The zero-order valence-corrected chi connectivity index (χ0v) is 16.2. The summed E-state index contributed by atoms with van der Waals surface area (Å²) in [6.45, 7) is 2.56. The average Bonchev–Trinajstić information content (AvgIpc) is 2.61. The minimum Gasteiger partial charge on any atom is -0.385 e. The van der Waals surface area contributed by atoms with Gasteiger partial charge in [0.25, 0.3) is 5.91 Å². The van der Waals surface area contributed by atoms with Crippen molar-refractivity contribution in [2.45, 2.75) is 23.1 Å². The highest BCUT2D eigenvalue weighted by Crippen LogP contribution is 2.34. The van der Waals surface area contributed by atoms with Crippen molar-refractivity contribution in [1.82, 2.24) is 5.32 Å². The van der Waals surface area contributed by atoms with E-state index in [0.29, 0.717) is 29.4 Å². The van der Waals surface area contributed by atoms with Crippen LogP contribution in [0.2, 0.25) is 5.02 Å². The van der Waals surface area contributed by atoms with E-state index in [9.17, 15) is 9.59 Å². The predicted molar refractivity (Wildman–Crippen MR) is 105 cm³/mol. The molecule has 0 aliphatic rings. The minimum atomic E-state index is -0.194. The third kappa shape index (κ3) is 6.37. The Kier molecular flexibility index (Phi) is 7.97. The van der Waals surface area contributed by atoms with Gasteiger partial charge in [0.1, 0.15) is 0 Å². The molecule has 0 heterocycles. The van der Waals surface area contributed by atoms with Crippen molar-refractivity contribution in [2.75, 3.05) is 25.6 Å². The number of benzene rings is 2. The Bertz CT molecular complexity index is 766. The summed E-state index contributed by atoms with van der Waals surface area (Å²) in [6, 6.07) is 12.7. The van der Waals surface area contributed by atoms with Crippen LogP contribution in [-0.2, 0) is 9.53 Å². The molecule has 5 nitrogen and oxygen atoms in total. The number of methoxy groups -OCH3 is 1. The van der Waals surface area contributed by atoms with Crippen LogP contribution in [0.3, 0.4) is 0 Å². The number of carbonyl (C=O) groups excluding carboxylic acids is 2. The van der Waals surface area contributed by atoms with Crippen molar-refractivity contribution in [3.63, 3.8) is 0 Å². The van der Waals surface area contributed by atoms with Crippen molar-refractivity contribution in [2.24, 2.45) is 0 Å². The summed E-state index contributed by atoms with van der Waals surface area (Å²) in [5.41, 5.74) is 1.09. The molecule has 0 radical (unpaired) electrons. The Labute approximate surface area is 162 Å². The van der Waals surface area contributed by atoms with E-state index in [1.165, 1.54) is 18.7 Å². The Balaban J connectivity index is 2.16. The molecule has 2 rings (SSSR count). The molecule has 2 N–H and O–H groups in total. The van der Waals surface area contributed by atoms with Crippen molar-refractivity contribution in [3.8, 4) is 0 Å². The largest absolute Gasteiger partial charge is 0.385 e. The molecule has 0 bridgehead atoms. The van der Waals surface area contributed by atoms with E-state index in [-0.39, 0.29) is 11.8 Å². The molecule has 0 saturated heterocycles. The standard InChI is InChI=1S/C19H21ClN2O3S/c1-13(23)22-17-12-14(19(24)21-10-3-11-25-2)4-9-18(17)26-16-7-5-15(20)6-8-16/h4-9,12H,3,10-11H2,1-2H3,(H,21,24)(H,22,23). The number of rotatable bonds is 8. The molecule has 0 aliphatic heterocycles. The molecular formula is C19H21ClN2O3S. The van der Waals surface area contributed by atoms with Crippen LogP contribution in [0.4, 0.5) is 5.69 Å². The smallest absolute Gasteiger partial charge is 0.251 e. The molecule has 0 atom stereocenters. The monoisotopic (exact) mass is 392 g/mol. The number of carbonyl (C=O) groups is 2. The molecule has 0 fully saturated rings. The summed E-state index contributed by atoms with van der Waals surface area (Å²) >= 11 is 7.40. The highest BCUT2D eigenvalue weighted by atomic mass is 35.5. The van der Waals surface area contributed by atoms with E-state index < -0.39 is 0 Å². The zero-order valence-electron chi connectivity index (χ0n) is 14.7. The van der Waals surface area contributed by atoms with Gasteiger partial charge in [0.15, 0.2) is 0 Å². The number of hydrogen-bond acceptors (Lipinski definition) is 4. The highest BCUT2D eigenvalue weighted by Gasteiger charge is 2.12. The second-order valence-corrected chi connectivity index (χ2v) is 7.10. The van der Waals surface area contributed by atoms with Crippen LogP contribution in [0.5, 0.6) is 0 Å². The first-order chi connectivity index (χ1) is 12.5. The van der Waals surface area contributed by atoms with Gasteiger partial charge in [0.05, 0.1) is 5.69 Å². The van der Waals surface area contributed by atoms with Gasteiger partial charge < -0.3 is 15.4 Å². The second kappa shape index (κ2) is 10.2. The van der Waals surface area contributed by atoms with E-state index in [1.807, 2.05) is 30.3 Å². The fourth-order valence-corrected chi connectivity index (χ4v) is 3.21. The number of hydrogen-bond donors (Lipinski definition) is 2. The van der Waals surface area contributed by atoms with E-state index in [4.69, 9.17) is 16.3 Å². The van der Waals surface area contributed by atoms with E-state index >= 15 is 0 Å². The van der Waals surface area contributed by atoms with Gasteiger partial charge in [-0.25, -0.2) is 0 Å². The molecule has 0 aliphatic carbocycles. The molecule has 2 amide bonds. The summed E-state index contributed by atoms with van der Waals surface area (Å²) in [4.78, 5) is 25.6. The zero-order chi connectivity index (χ0) is 18.9. The number of anilines is 1. The van der Waals surface area contributed by atoms with Crippen LogP contribution in [0.1, 0.15) is 23.7 Å². The molecule has 0 saturated carbocycles. The van der Waals surface area contributed by atoms with Gasteiger partial charge in [-0.3, -0.25) is 9.59 Å². The minimum absolute atomic E-state index is 0.184. The number of amides is 2. The SMILES string of the molecule is COCCCNC(=O)c1ccc(Sc2ccc(Cl)cc2)c(NC(C)=O)c1. The molecule has 138 valence electrons. The highest BCUT2D eigenvalue weighted by molar-refractivity contribution is 7.99. The summed E-state index contributed by atoms with van der Waals surface area (Å²) in [5, 5.41) is 6.29. The molecular weight excluding hydrogens is 372 g/mol. The molecule has 0 aromatic heterocycles. The topological polar surface area (TPSA) is 67.4 Å². The van der Waals surface area contributed by atoms with Crippen LogP contribution in [-0.4, -0.2) is 32.1 Å². The van der Waals surface area contributed by atoms with E-state index in [2.05, 4.69) is 10.6 Å². The Morgan fingerprint density at radius 2 is 1.88 bits per heavy atom. The molecule has 26 heavy (non-hydrogen) atoms. The number of ether oxygens (including phenoxy) is 1. The van der Waals surface area contributed by atoms with Crippen LogP contribution >= 0.6 is 23.4 Å². The summed E-state index contributed by atoms with van der Waals surface area (Å²) in [7, 11) is 1.62. The van der Waals surface area contributed by atoms with E-state index in [0.717, 1.165) is 16.2 Å². The first kappa shape index (κ1) is 20.3. The predicted octanol–water partition coefficient (Wildman–Crippen LogP) is 4.22. The first-order valence-corrected chi connectivity index (χ1v) is 9.31. The Hall–Kier alpha value is -2.02. The molecule has 0 spiro atoms.